The summed E-state index contributed by atoms with van der Waals surface area (Å²) in [6.07, 6.45) is 7.60. The second kappa shape index (κ2) is 5.47. The Bertz CT molecular complexity index is 395. The molecule has 1 aromatic heterocycles. The van der Waals surface area contributed by atoms with Crippen LogP contribution in [0.4, 0.5) is 0 Å². The van der Waals surface area contributed by atoms with Crippen molar-refractivity contribution < 1.29 is 0 Å². The fourth-order valence-corrected chi connectivity index (χ4v) is 4.79. The molecular formula is C13H21N3S2. The predicted molar refractivity (Wildman–Crippen MR) is 78.3 cm³/mol. The van der Waals surface area contributed by atoms with Crippen LogP contribution in [0.1, 0.15) is 49.0 Å². The Morgan fingerprint density at radius 3 is 3.00 bits per heavy atom. The van der Waals surface area contributed by atoms with Gasteiger partial charge in [-0.3, -0.25) is 0 Å². The minimum atomic E-state index is 0.252. The molecule has 1 saturated heterocycles. The molecule has 0 bridgehead atoms. The largest absolute Gasteiger partial charge is 0.314 e. The van der Waals surface area contributed by atoms with E-state index in [0.29, 0.717) is 0 Å². The summed E-state index contributed by atoms with van der Waals surface area (Å²) in [6, 6.07) is 0.823. The van der Waals surface area contributed by atoms with Gasteiger partial charge in [0.05, 0.1) is 4.75 Å². The predicted octanol–water partition coefficient (Wildman–Crippen LogP) is 2.96. The van der Waals surface area contributed by atoms with Crippen molar-refractivity contribution in [3.63, 3.8) is 0 Å². The summed E-state index contributed by atoms with van der Waals surface area (Å²) in [4.78, 5) is 0. The van der Waals surface area contributed by atoms with Gasteiger partial charge < -0.3 is 5.32 Å². The maximum absolute atomic E-state index is 4.42. The average Bonchev–Trinajstić information content (AvgIpc) is 2.88. The molecule has 1 aromatic rings. The molecule has 1 aliphatic heterocycles. The molecule has 100 valence electrons. The fraction of sp³-hybridized carbons (Fsp3) is 0.846. The van der Waals surface area contributed by atoms with Crippen molar-refractivity contribution in [2.45, 2.75) is 56.2 Å². The normalized spacial score (nSPS) is 27.8. The highest BCUT2D eigenvalue weighted by Crippen LogP contribution is 2.46. The Kier molecular flexibility index (Phi) is 3.91. The smallest absolute Gasteiger partial charge is 0.133 e. The lowest BCUT2D eigenvalue weighted by Gasteiger charge is -2.17. The van der Waals surface area contributed by atoms with E-state index in [-0.39, 0.29) is 4.75 Å². The average molecular weight is 283 g/mol. The van der Waals surface area contributed by atoms with E-state index in [1.54, 1.807) is 0 Å². The SMILES string of the molecule is CC1(c2nnc(CCCNC3CC3)s2)CCCS1. The van der Waals surface area contributed by atoms with Gasteiger partial charge in [0.15, 0.2) is 0 Å². The van der Waals surface area contributed by atoms with Crippen molar-refractivity contribution in [3.05, 3.63) is 10.0 Å². The molecular weight excluding hydrogens is 262 g/mol. The summed E-state index contributed by atoms with van der Waals surface area (Å²) in [5.74, 6) is 1.27. The van der Waals surface area contributed by atoms with Crippen molar-refractivity contribution in [1.82, 2.24) is 15.5 Å². The van der Waals surface area contributed by atoms with Crippen molar-refractivity contribution >= 4 is 23.1 Å². The van der Waals surface area contributed by atoms with Gasteiger partial charge in [-0.15, -0.1) is 33.3 Å². The van der Waals surface area contributed by atoms with E-state index in [1.165, 1.54) is 47.9 Å². The highest BCUT2D eigenvalue weighted by Gasteiger charge is 2.34. The number of nitrogens with one attached hydrogen (secondary N) is 1. The van der Waals surface area contributed by atoms with Crippen LogP contribution in [0.5, 0.6) is 0 Å². The maximum Gasteiger partial charge on any atom is 0.133 e. The molecule has 1 aliphatic carbocycles. The Labute approximate surface area is 117 Å². The summed E-state index contributed by atoms with van der Waals surface area (Å²) in [7, 11) is 0. The van der Waals surface area contributed by atoms with Crippen molar-refractivity contribution in [3.8, 4) is 0 Å². The molecule has 2 aliphatic rings. The quantitative estimate of drug-likeness (QED) is 0.815. The number of rotatable bonds is 6. The van der Waals surface area contributed by atoms with E-state index in [9.17, 15) is 0 Å². The number of nitrogens with zero attached hydrogens (tertiary/aromatic N) is 2. The highest BCUT2D eigenvalue weighted by atomic mass is 32.2. The molecule has 3 rings (SSSR count). The first-order valence-electron chi connectivity index (χ1n) is 6.96. The first kappa shape index (κ1) is 12.9. The van der Waals surface area contributed by atoms with Crippen LogP contribution < -0.4 is 5.32 Å². The van der Waals surface area contributed by atoms with Gasteiger partial charge in [-0.2, -0.15) is 0 Å². The van der Waals surface area contributed by atoms with Gasteiger partial charge in [0.1, 0.15) is 10.0 Å². The summed E-state index contributed by atoms with van der Waals surface area (Å²) in [5, 5.41) is 14.8. The lowest BCUT2D eigenvalue weighted by molar-refractivity contribution is 0.630. The third kappa shape index (κ3) is 3.06. The Hall–Kier alpha value is -0.130. The molecule has 2 heterocycles. The zero-order valence-electron chi connectivity index (χ0n) is 10.9. The summed E-state index contributed by atoms with van der Waals surface area (Å²) in [6.45, 7) is 3.45. The van der Waals surface area contributed by atoms with Crippen LogP contribution in [0.25, 0.3) is 0 Å². The molecule has 18 heavy (non-hydrogen) atoms. The Balaban J connectivity index is 1.49. The molecule has 3 nitrogen and oxygen atoms in total. The Morgan fingerprint density at radius 1 is 1.39 bits per heavy atom. The summed E-state index contributed by atoms with van der Waals surface area (Å²) in [5.41, 5.74) is 0. The van der Waals surface area contributed by atoms with Gasteiger partial charge in [0, 0.05) is 12.5 Å². The molecule has 2 fully saturated rings. The zero-order valence-corrected chi connectivity index (χ0v) is 12.6. The van der Waals surface area contributed by atoms with Crippen LogP contribution in [0.2, 0.25) is 0 Å². The van der Waals surface area contributed by atoms with Crippen LogP contribution in [-0.4, -0.2) is 28.5 Å². The molecule has 0 aromatic carbocycles. The molecule has 0 radical (unpaired) electrons. The minimum absolute atomic E-state index is 0.252. The number of aromatic nitrogens is 2. The van der Waals surface area contributed by atoms with Gasteiger partial charge in [-0.1, -0.05) is 0 Å². The fourth-order valence-electron chi connectivity index (χ4n) is 2.35. The van der Waals surface area contributed by atoms with E-state index in [1.807, 2.05) is 23.1 Å². The van der Waals surface area contributed by atoms with E-state index in [4.69, 9.17) is 0 Å². The molecule has 0 spiro atoms. The topological polar surface area (TPSA) is 37.8 Å². The summed E-state index contributed by atoms with van der Waals surface area (Å²) >= 11 is 3.88. The third-order valence-electron chi connectivity index (χ3n) is 3.72. The van der Waals surface area contributed by atoms with Gasteiger partial charge in [0.25, 0.3) is 0 Å². The van der Waals surface area contributed by atoms with Gasteiger partial charge >= 0.3 is 0 Å². The van der Waals surface area contributed by atoms with Gasteiger partial charge in [-0.05, 0) is 51.3 Å². The molecule has 5 heteroatoms. The van der Waals surface area contributed by atoms with Crippen LogP contribution in [0.15, 0.2) is 0 Å². The van der Waals surface area contributed by atoms with E-state index < -0.39 is 0 Å². The second-order valence-corrected chi connectivity index (χ2v) is 8.18. The number of thioether (sulfide) groups is 1. The second-order valence-electron chi connectivity index (χ2n) is 5.52. The standard InChI is InChI=1S/C13H21N3S2/c1-13(7-3-9-17-13)12-16-15-11(18-12)4-2-8-14-10-5-6-10/h10,14H,2-9H2,1H3. The lowest BCUT2D eigenvalue weighted by atomic mass is 10.1. The van der Waals surface area contributed by atoms with E-state index >= 15 is 0 Å². The zero-order chi connectivity index (χ0) is 12.4. The number of aryl methyl sites for hydroxylation is 1. The van der Waals surface area contributed by atoms with Crippen LogP contribution >= 0.6 is 23.1 Å². The monoisotopic (exact) mass is 283 g/mol. The molecule has 1 atom stereocenters. The highest BCUT2D eigenvalue weighted by molar-refractivity contribution is 8.00. The first-order chi connectivity index (χ1) is 8.76. The van der Waals surface area contributed by atoms with E-state index in [2.05, 4.69) is 22.4 Å². The van der Waals surface area contributed by atoms with Gasteiger partial charge in [0.2, 0.25) is 0 Å². The maximum atomic E-state index is 4.42. The van der Waals surface area contributed by atoms with E-state index in [0.717, 1.165) is 19.0 Å². The van der Waals surface area contributed by atoms with Crippen LogP contribution in [0.3, 0.4) is 0 Å². The van der Waals surface area contributed by atoms with Crippen molar-refractivity contribution in [2.24, 2.45) is 0 Å². The van der Waals surface area contributed by atoms with Crippen molar-refractivity contribution in [2.75, 3.05) is 12.3 Å². The molecule has 1 saturated carbocycles. The lowest BCUT2D eigenvalue weighted by Crippen LogP contribution is -2.17. The first-order valence-corrected chi connectivity index (χ1v) is 8.77. The minimum Gasteiger partial charge on any atom is -0.314 e. The number of hydrogen-bond donors (Lipinski definition) is 1. The Morgan fingerprint density at radius 2 is 2.28 bits per heavy atom. The third-order valence-corrected chi connectivity index (χ3v) is 6.62. The summed E-state index contributed by atoms with van der Waals surface area (Å²) < 4.78 is 0.252. The van der Waals surface area contributed by atoms with Crippen LogP contribution in [-0.2, 0) is 11.2 Å². The number of hydrogen-bond acceptors (Lipinski definition) is 5. The van der Waals surface area contributed by atoms with Crippen molar-refractivity contribution in [1.29, 1.82) is 0 Å². The van der Waals surface area contributed by atoms with Gasteiger partial charge in [-0.25, -0.2) is 0 Å². The molecule has 1 unspecified atom stereocenters. The molecule has 0 amide bonds. The molecule has 1 N–H and O–H groups in total. The van der Waals surface area contributed by atoms with Crippen LogP contribution in [0, 0.1) is 0 Å².